The molecule has 0 saturated carbocycles. The van der Waals surface area contributed by atoms with Gasteiger partial charge in [0.1, 0.15) is 0 Å². The number of rotatable bonds is 10. The molecule has 4 nitrogen and oxygen atoms in total. The Hall–Kier alpha value is -0.970. The lowest BCUT2D eigenvalue weighted by Gasteiger charge is -2.23. The molecule has 0 fully saturated rings. The largest absolute Gasteiger partial charge is 0.379 e. The quantitative estimate of drug-likeness (QED) is 0.661. The fraction of sp³-hybridized carbons (Fsp3) is 0.667. The first-order chi connectivity index (χ1) is 9.29. The maximum atomic E-state index is 6.13. The van der Waals surface area contributed by atoms with Crippen LogP contribution in [0.25, 0.3) is 0 Å². The van der Waals surface area contributed by atoms with Gasteiger partial charge in [-0.1, -0.05) is 20.3 Å². The van der Waals surface area contributed by atoms with E-state index in [4.69, 9.17) is 15.2 Å². The van der Waals surface area contributed by atoms with Gasteiger partial charge in [0.2, 0.25) is 0 Å². The van der Waals surface area contributed by atoms with E-state index in [1.165, 1.54) is 0 Å². The van der Waals surface area contributed by atoms with Crippen molar-refractivity contribution >= 4 is 0 Å². The maximum absolute atomic E-state index is 6.13. The van der Waals surface area contributed by atoms with Crippen LogP contribution in [0.4, 0.5) is 0 Å². The maximum Gasteiger partial charge on any atom is 0.0977 e. The highest BCUT2D eigenvalue weighted by molar-refractivity contribution is 5.15. The van der Waals surface area contributed by atoms with Crippen LogP contribution in [0.5, 0.6) is 0 Å². The molecule has 0 aliphatic carbocycles. The van der Waals surface area contributed by atoms with E-state index >= 15 is 0 Å². The van der Waals surface area contributed by atoms with E-state index < -0.39 is 0 Å². The summed E-state index contributed by atoms with van der Waals surface area (Å²) in [5.74, 6) is 0. The molecule has 2 unspecified atom stereocenters. The third-order valence-corrected chi connectivity index (χ3v) is 3.06. The van der Waals surface area contributed by atoms with E-state index in [-0.39, 0.29) is 12.1 Å². The van der Waals surface area contributed by atoms with Crippen molar-refractivity contribution in [1.82, 2.24) is 4.98 Å². The average Bonchev–Trinajstić information content (AvgIpc) is 2.47. The Bertz CT molecular complexity index is 319. The lowest BCUT2D eigenvalue weighted by atomic mass is 10.0. The molecule has 0 aliphatic rings. The number of unbranched alkanes of at least 4 members (excludes halogenated alkanes) is 1. The fourth-order valence-corrected chi connectivity index (χ4v) is 1.82. The number of pyridine rings is 1. The molecule has 1 aromatic heterocycles. The number of ether oxygens (including phenoxy) is 2. The van der Waals surface area contributed by atoms with Crippen LogP contribution in [0.3, 0.4) is 0 Å². The molecule has 2 atom stereocenters. The Morgan fingerprint density at radius 2 is 1.89 bits per heavy atom. The van der Waals surface area contributed by atoms with E-state index in [0.29, 0.717) is 13.2 Å². The molecule has 0 spiro atoms. The van der Waals surface area contributed by atoms with Crippen LogP contribution in [0.1, 0.15) is 44.8 Å². The minimum Gasteiger partial charge on any atom is -0.379 e. The van der Waals surface area contributed by atoms with Crippen molar-refractivity contribution in [2.24, 2.45) is 5.73 Å². The van der Waals surface area contributed by atoms with Crippen LogP contribution >= 0.6 is 0 Å². The number of nitrogens with two attached hydrogens (primary N) is 1. The second kappa shape index (κ2) is 9.89. The number of nitrogens with zero attached hydrogens (tertiary/aromatic N) is 1. The first kappa shape index (κ1) is 16.1. The van der Waals surface area contributed by atoms with E-state index in [1.54, 1.807) is 12.4 Å². The van der Waals surface area contributed by atoms with Gasteiger partial charge in [0, 0.05) is 25.0 Å². The molecule has 2 N–H and O–H groups in total. The number of hydrogen-bond donors (Lipinski definition) is 1. The lowest BCUT2D eigenvalue weighted by molar-refractivity contribution is -0.00824. The molecule has 0 saturated heterocycles. The minimum atomic E-state index is -0.0808. The second-order valence-electron chi connectivity index (χ2n) is 4.61. The summed E-state index contributed by atoms with van der Waals surface area (Å²) in [6.45, 7) is 6.22. The Kier molecular flexibility index (Phi) is 8.38. The first-order valence-electron chi connectivity index (χ1n) is 7.14. The summed E-state index contributed by atoms with van der Waals surface area (Å²) in [5.41, 5.74) is 7.21. The Morgan fingerprint density at radius 3 is 2.53 bits per heavy atom. The van der Waals surface area contributed by atoms with E-state index in [9.17, 15) is 0 Å². The van der Waals surface area contributed by atoms with Gasteiger partial charge in [-0.2, -0.15) is 0 Å². The van der Waals surface area contributed by atoms with Crippen LogP contribution in [-0.4, -0.2) is 30.8 Å². The molecule has 4 heteroatoms. The predicted molar refractivity (Wildman–Crippen MR) is 76.9 cm³/mol. The Morgan fingerprint density at radius 1 is 1.16 bits per heavy atom. The zero-order chi connectivity index (χ0) is 13.9. The zero-order valence-electron chi connectivity index (χ0n) is 12.0. The third-order valence-electron chi connectivity index (χ3n) is 3.06. The van der Waals surface area contributed by atoms with Crippen molar-refractivity contribution in [3.63, 3.8) is 0 Å². The van der Waals surface area contributed by atoms with E-state index in [1.807, 2.05) is 12.1 Å². The SMILES string of the molecule is CCCCOCCOC(c1ccncc1)C(N)CC. The van der Waals surface area contributed by atoms with Gasteiger partial charge >= 0.3 is 0 Å². The molecule has 1 heterocycles. The first-order valence-corrected chi connectivity index (χ1v) is 7.14. The van der Waals surface area contributed by atoms with Crippen molar-refractivity contribution < 1.29 is 9.47 Å². The fourth-order valence-electron chi connectivity index (χ4n) is 1.82. The lowest BCUT2D eigenvalue weighted by Crippen LogP contribution is -2.30. The number of hydrogen-bond acceptors (Lipinski definition) is 4. The molecule has 0 amide bonds. The summed E-state index contributed by atoms with van der Waals surface area (Å²) in [5, 5.41) is 0. The summed E-state index contributed by atoms with van der Waals surface area (Å²) in [4.78, 5) is 4.02. The summed E-state index contributed by atoms with van der Waals surface area (Å²) < 4.78 is 11.4. The van der Waals surface area contributed by atoms with Crippen molar-refractivity contribution in [2.45, 2.75) is 45.3 Å². The molecular weight excluding hydrogens is 240 g/mol. The highest BCUT2D eigenvalue weighted by Crippen LogP contribution is 2.21. The van der Waals surface area contributed by atoms with Gasteiger partial charge in [0.25, 0.3) is 0 Å². The average molecular weight is 266 g/mol. The third kappa shape index (κ3) is 6.14. The molecule has 0 bridgehead atoms. The minimum absolute atomic E-state index is 0.00181. The zero-order valence-corrected chi connectivity index (χ0v) is 12.0. The highest BCUT2D eigenvalue weighted by atomic mass is 16.5. The van der Waals surface area contributed by atoms with Gasteiger partial charge in [0.05, 0.1) is 19.3 Å². The van der Waals surface area contributed by atoms with Crippen molar-refractivity contribution in [2.75, 3.05) is 19.8 Å². The van der Waals surface area contributed by atoms with Crippen LogP contribution in [0.15, 0.2) is 24.5 Å². The van der Waals surface area contributed by atoms with Crippen LogP contribution in [0.2, 0.25) is 0 Å². The van der Waals surface area contributed by atoms with Crippen LogP contribution in [0, 0.1) is 0 Å². The van der Waals surface area contributed by atoms with Crippen molar-refractivity contribution in [3.05, 3.63) is 30.1 Å². The second-order valence-corrected chi connectivity index (χ2v) is 4.61. The van der Waals surface area contributed by atoms with Gasteiger partial charge in [-0.15, -0.1) is 0 Å². The Balaban J connectivity index is 2.39. The van der Waals surface area contributed by atoms with Gasteiger partial charge in [0.15, 0.2) is 0 Å². The standard InChI is InChI=1S/C15H26N2O2/c1-3-5-10-18-11-12-19-15(14(16)4-2)13-6-8-17-9-7-13/h6-9,14-15H,3-5,10-12,16H2,1-2H3. The molecule has 108 valence electrons. The predicted octanol–water partition coefficient (Wildman–Crippen LogP) is 2.69. The molecule has 0 aliphatic heterocycles. The van der Waals surface area contributed by atoms with Crippen LogP contribution in [-0.2, 0) is 9.47 Å². The molecular formula is C15H26N2O2. The van der Waals surface area contributed by atoms with Crippen molar-refractivity contribution in [1.29, 1.82) is 0 Å². The van der Waals surface area contributed by atoms with Gasteiger partial charge in [-0.25, -0.2) is 0 Å². The summed E-state index contributed by atoms with van der Waals surface area (Å²) in [6.07, 6.45) is 6.59. The molecule has 0 radical (unpaired) electrons. The smallest absolute Gasteiger partial charge is 0.0977 e. The van der Waals surface area contributed by atoms with Gasteiger partial charge in [-0.05, 0) is 30.5 Å². The molecule has 1 aromatic rings. The van der Waals surface area contributed by atoms with Gasteiger partial charge in [-0.3, -0.25) is 4.98 Å². The van der Waals surface area contributed by atoms with Gasteiger partial charge < -0.3 is 15.2 Å². The van der Waals surface area contributed by atoms with Crippen molar-refractivity contribution in [3.8, 4) is 0 Å². The van der Waals surface area contributed by atoms with E-state index in [0.717, 1.165) is 31.4 Å². The van der Waals surface area contributed by atoms with Crippen LogP contribution < -0.4 is 5.73 Å². The summed E-state index contributed by atoms with van der Waals surface area (Å²) >= 11 is 0. The molecule has 19 heavy (non-hydrogen) atoms. The monoisotopic (exact) mass is 266 g/mol. The summed E-state index contributed by atoms with van der Waals surface area (Å²) in [6, 6.07) is 3.91. The summed E-state index contributed by atoms with van der Waals surface area (Å²) in [7, 11) is 0. The molecule has 1 rings (SSSR count). The normalized spacial score (nSPS) is 14.3. The highest BCUT2D eigenvalue weighted by Gasteiger charge is 2.18. The number of aromatic nitrogens is 1. The topological polar surface area (TPSA) is 57.4 Å². The van der Waals surface area contributed by atoms with E-state index in [2.05, 4.69) is 18.8 Å². The molecule has 0 aromatic carbocycles. The Labute approximate surface area is 116 Å².